The van der Waals surface area contributed by atoms with E-state index in [1.807, 2.05) is 6.92 Å². The van der Waals surface area contributed by atoms with E-state index in [-0.39, 0.29) is 0 Å². The van der Waals surface area contributed by atoms with Crippen LogP contribution >= 0.6 is 0 Å². The van der Waals surface area contributed by atoms with Gasteiger partial charge < -0.3 is 14.6 Å². The molecule has 0 amide bonds. The second-order valence-corrected chi connectivity index (χ2v) is 7.83. The van der Waals surface area contributed by atoms with Crippen molar-refractivity contribution >= 4 is 5.97 Å². The number of aryl methyl sites for hydroxylation is 1. The molecule has 1 unspecified atom stereocenters. The van der Waals surface area contributed by atoms with Crippen LogP contribution in [-0.2, 0) is 17.5 Å². The number of alkyl halides is 3. The lowest BCUT2D eigenvalue weighted by Crippen LogP contribution is -2.37. The molecule has 0 saturated carbocycles. The van der Waals surface area contributed by atoms with Crippen molar-refractivity contribution in [2.24, 2.45) is 0 Å². The van der Waals surface area contributed by atoms with Crippen molar-refractivity contribution in [3.05, 3.63) is 59.9 Å². The lowest BCUT2D eigenvalue weighted by atomic mass is 10.1. The van der Waals surface area contributed by atoms with Gasteiger partial charge in [-0.2, -0.15) is 18.3 Å². The Labute approximate surface area is 188 Å². The van der Waals surface area contributed by atoms with Gasteiger partial charge >= 0.3 is 12.1 Å². The third kappa shape index (κ3) is 5.63. The van der Waals surface area contributed by atoms with Crippen LogP contribution in [-0.4, -0.2) is 31.4 Å². The SMILES string of the molecule is CCn1nc(-c2ccc(C(F)(F)F)cc2)nc1C(C)Oc1ccc(OC(C)(C)C(=O)O)cc1. The number of rotatable bonds is 8. The number of carboxylic acid groups (broad SMARTS) is 1. The topological polar surface area (TPSA) is 86.5 Å². The summed E-state index contributed by atoms with van der Waals surface area (Å²) in [5.41, 5.74) is -1.65. The van der Waals surface area contributed by atoms with Crippen molar-refractivity contribution in [1.29, 1.82) is 0 Å². The van der Waals surface area contributed by atoms with Gasteiger partial charge in [-0.25, -0.2) is 14.5 Å². The number of halogens is 3. The Bertz CT molecular complexity index is 1110. The Morgan fingerprint density at radius 1 is 1.06 bits per heavy atom. The summed E-state index contributed by atoms with van der Waals surface area (Å²) in [5.74, 6) is 0.614. The lowest BCUT2D eigenvalue weighted by molar-refractivity contribution is -0.152. The second kappa shape index (κ2) is 9.13. The molecular formula is C23H24F3N3O4. The number of benzene rings is 2. The van der Waals surface area contributed by atoms with Crippen LogP contribution in [0.25, 0.3) is 11.4 Å². The van der Waals surface area contributed by atoms with Crippen molar-refractivity contribution in [3.63, 3.8) is 0 Å². The van der Waals surface area contributed by atoms with E-state index in [2.05, 4.69) is 10.1 Å². The maximum absolute atomic E-state index is 12.8. The summed E-state index contributed by atoms with van der Waals surface area (Å²) in [6.45, 7) is 7.05. The minimum absolute atomic E-state index is 0.302. The molecule has 7 nitrogen and oxygen atoms in total. The highest BCUT2D eigenvalue weighted by molar-refractivity contribution is 5.76. The van der Waals surface area contributed by atoms with Gasteiger partial charge in [-0.3, -0.25) is 0 Å². The second-order valence-electron chi connectivity index (χ2n) is 7.83. The molecule has 0 bridgehead atoms. The van der Waals surface area contributed by atoms with Gasteiger partial charge in [0.05, 0.1) is 5.56 Å². The van der Waals surface area contributed by atoms with Crippen molar-refractivity contribution in [3.8, 4) is 22.9 Å². The normalized spacial score (nSPS) is 12.9. The number of hydrogen-bond acceptors (Lipinski definition) is 5. The molecule has 1 heterocycles. The summed E-state index contributed by atoms with van der Waals surface area (Å²) in [5, 5.41) is 13.6. The number of aromatic nitrogens is 3. The van der Waals surface area contributed by atoms with E-state index in [1.54, 1.807) is 35.9 Å². The van der Waals surface area contributed by atoms with Gasteiger partial charge in [0, 0.05) is 12.1 Å². The molecule has 0 fully saturated rings. The van der Waals surface area contributed by atoms with E-state index in [4.69, 9.17) is 9.47 Å². The van der Waals surface area contributed by atoms with Crippen LogP contribution in [0.2, 0.25) is 0 Å². The fraction of sp³-hybridized carbons (Fsp3) is 0.348. The summed E-state index contributed by atoms with van der Waals surface area (Å²) in [4.78, 5) is 15.7. The highest BCUT2D eigenvalue weighted by Gasteiger charge is 2.31. The van der Waals surface area contributed by atoms with E-state index in [0.29, 0.717) is 35.3 Å². The van der Waals surface area contributed by atoms with Gasteiger partial charge in [0.25, 0.3) is 0 Å². The lowest BCUT2D eigenvalue weighted by Gasteiger charge is -2.21. The largest absolute Gasteiger partial charge is 0.483 e. The van der Waals surface area contributed by atoms with Crippen LogP contribution in [0.4, 0.5) is 13.2 Å². The standard InChI is InChI=1S/C23H24F3N3O4/c1-5-29-20(27-19(28-29)15-6-8-16(9-7-15)23(24,25)26)14(2)32-17-10-12-18(13-11-17)33-22(3,4)21(30)31/h6-14H,5H2,1-4H3,(H,30,31). The number of hydrogen-bond donors (Lipinski definition) is 1. The molecule has 3 rings (SSSR count). The van der Waals surface area contributed by atoms with Crippen LogP contribution in [0.1, 0.15) is 45.2 Å². The molecule has 0 aliphatic carbocycles. The molecule has 0 radical (unpaired) electrons. The monoisotopic (exact) mass is 463 g/mol. The zero-order valence-corrected chi connectivity index (χ0v) is 18.6. The molecule has 0 saturated heterocycles. The molecule has 0 aliphatic rings. The molecule has 1 aromatic heterocycles. The van der Waals surface area contributed by atoms with Crippen LogP contribution < -0.4 is 9.47 Å². The quantitative estimate of drug-likeness (QED) is 0.484. The Hall–Kier alpha value is -3.56. The van der Waals surface area contributed by atoms with E-state index in [9.17, 15) is 23.1 Å². The molecule has 176 valence electrons. The third-order valence-corrected chi connectivity index (χ3v) is 4.86. The average Bonchev–Trinajstić information content (AvgIpc) is 3.19. The molecule has 1 N–H and O–H groups in total. The minimum Gasteiger partial charge on any atom is -0.483 e. The van der Waals surface area contributed by atoms with E-state index < -0.39 is 29.4 Å². The zero-order chi connectivity index (χ0) is 24.4. The maximum Gasteiger partial charge on any atom is 0.416 e. The Morgan fingerprint density at radius 2 is 1.64 bits per heavy atom. The van der Waals surface area contributed by atoms with Crippen LogP contribution in [0.5, 0.6) is 11.5 Å². The highest BCUT2D eigenvalue weighted by Crippen LogP contribution is 2.31. The van der Waals surface area contributed by atoms with Gasteiger partial charge in [-0.1, -0.05) is 12.1 Å². The number of nitrogens with zero attached hydrogens (tertiary/aromatic N) is 3. The molecule has 0 aliphatic heterocycles. The van der Waals surface area contributed by atoms with Gasteiger partial charge in [-0.05, 0) is 64.1 Å². The average molecular weight is 463 g/mol. The number of ether oxygens (including phenoxy) is 2. The fourth-order valence-corrected chi connectivity index (χ4v) is 3.00. The predicted octanol–water partition coefficient (Wildman–Crippen LogP) is 5.37. The van der Waals surface area contributed by atoms with Gasteiger partial charge in [0.1, 0.15) is 11.5 Å². The van der Waals surface area contributed by atoms with E-state index in [1.165, 1.54) is 26.0 Å². The van der Waals surface area contributed by atoms with Crippen molar-refractivity contribution in [2.75, 3.05) is 0 Å². The molecule has 2 aromatic carbocycles. The van der Waals surface area contributed by atoms with Crippen LogP contribution in [0, 0.1) is 0 Å². The molecule has 10 heteroatoms. The van der Waals surface area contributed by atoms with Gasteiger partial charge in [-0.15, -0.1) is 0 Å². The number of carboxylic acids is 1. The Morgan fingerprint density at radius 3 is 2.15 bits per heavy atom. The first-order valence-corrected chi connectivity index (χ1v) is 10.2. The molecule has 0 spiro atoms. The molecule has 1 atom stereocenters. The summed E-state index contributed by atoms with van der Waals surface area (Å²) < 4.78 is 51.5. The van der Waals surface area contributed by atoms with E-state index in [0.717, 1.165) is 12.1 Å². The Kier molecular flexibility index (Phi) is 6.66. The zero-order valence-electron chi connectivity index (χ0n) is 18.6. The minimum atomic E-state index is -4.41. The molecule has 33 heavy (non-hydrogen) atoms. The van der Waals surface area contributed by atoms with Crippen LogP contribution in [0.3, 0.4) is 0 Å². The first-order valence-electron chi connectivity index (χ1n) is 10.2. The third-order valence-electron chi connectivity index (χ3n) is 4.86. The van der Waals surface area contributed by atoms with E-state index >= 15 is 0 Å². The van der Waals surface area contributed by atoms with Gasteiger partial charge in [0.15, 0.2) is 23.4 Å². The Balaban J connectivity index is 1.76. The smallest absolute Gasteiger partial charge is 0.416 e. The van der Waals surface area contributed by atoms with Crippen LogP contribution in [0.15, 0.2) is 48.5 Å². The molecular weight excluding hydrogens is 439 g/mol. The fourth-order valence-electron chi connectivity index (χ4n) is 3.00. The first kappa shape index (κ1) is 24.1. The predicted molar refractivity (Wildman–Crippen MR) is 114 cm³/mol. The number of aliphatic carboxylic acids is 1. The number of carbonyl (C=O) groups is 1. The summed E-state index contributed by atoms with van der Waals surface area (Å²) in [6, 6.07) is 11.2. The first-order chi connectivity index (χ1) is 15.4. The van der Waals surface area contributed by atoms with Gasteiger partial charge in [0.2, 0.25) is 0 Å². The summed E-state index contributed by atoms with van der Waals surface area (Å²) in [6.07, 6.45) is -4.92. The molecule has 3 aromatic rings. The van der Waals surface area contributed by atoms with Crippen molar-refractivity contribution in [2.45, 2.75) is 52.1 Å². The van der Waals surface area contributed by atoms with Crippen molar-refractivity contribution < 1.29 is 32.5 Å². The van der Waals surface area contributed by atoms with Crippen molar-refractivity contribution in [1.82, 2.24) is 14.8 Å². The summed E-state index contributed by atoms with van der Waals surface area (Å²) in [7, 11) is 0. The highest BCUT2D eigenvalue weighted by atomic mass is 19.4. The summed E-state index contributed by atoms with van der Waals surface area (Å²) >= 11 is 0. The maximum atomic E-state index is 12.8.